The van der Waals surface area contributed by atoms with E-state index in [-0.39, 0.29) is 0 Å². The Morgan fingerprint density at radius 3 is 2.73 bits per heavy atom. The van der Waals surface area contributed by atoms with Crippen LogP contribution in [0.4, 0.5) is 0 Å². The van der Waals surface area contributed by atoms with Gasteiger partial charge in [-0.05, 0) is 32.0 Å². The van der Waals surface area contributed by atoms with E-state index in [1.165, 1.54) is 16.0 Å². The molecule has 6 rings (SSSR count). The normalized spacial score (nSPS) is 24.2. The molecule has 37 heavy (non-hydrogen) atoms. The van der Waals surface area contributed by atoms with Crippen molar-refractivity contribution in [3.8, 4) is 16.4 Å². The minimum atomic E-state index is -1.30. The summed E-state index contributed by atoms with van der Waals surface area (Å²) in [5.74, 6) is 0.797. The number of aliphatic hydroxyl groups is 3. The van der Waals surface area contributed by atoms with E-state index in [2.05, 4.69) is 30.4 Å². The third-order valence-electron chi connectivity index (χ3n) is 6.12. The molecule has 0 aliphatic carbocycles. The average Bonchev–Trinajstić information content (AvgIpc) is 3.65. The molecule has 15 heteroatoms. The lowest BCUT2D eigenvalue weighted by Gasteiger charge is -2.41. The minimum Gasteiger partial charge on any atom is -0.394 e. The summed E-state index contributed by atoms with van der Waals surface area (Å²) in [4.78, 5) is 13.2. The lowest BCUT2D eigenvalue weighted by Crippen LogP contribution is -2.53. The molecule has 1 fully saturated rings. The lowest BCUT2D eigenvalue weighted by atomic mass is 9.92. The van der Waals surface area contributed by atoms with Crippen molar-refractivity contribution in [3.63, 3.8) is 0 Å². The smallest absolute Gasteiger partial charge is 0.164 e. The molecule has 1 aliphatic heterocycles. The number of aryl methyl sites for hydroxylation is 2. The number of fused-ring (bicyclic) bond motifs is 1. The van der Waals surface area contributed by atoms with Crippen LogP contribution in [0.3, 0.4) is 0 Å². The zero-order chi connectivity index (χ0) is 25.8. The first-order chi connectivity index (χ1) is 17.8. The number of benzene rings is 1. The fraction of sp³-hybridized carbons (Fsp3) is 0.364. The summed E-state index contributed by atoms with van der Waals surface area (Å²) in [6.07, 6.45) is -3.06. The third kappa shape index (κ3) is 4.33. The zero-order valence-corrected chi connectivity index (χ0v) is 21.9. The van der Waals surface area contributed by atoms with Crippen molar-refractivity contribution in [1.29, 1.82) is 0 Å². The molecule has 5 aromatic rings. The molecule has 0 amide bonds. The average molecular weight is 561 g/mol. The summed E-state index contributed by atoms with van der Waals surface area (Å²) in [6.45, 7) is 3.20. The highest BCUT2D eigenvalue weighted by molar-refractivity contribution is 7.18. The summed E-state index contributed by atoms with van der Waals surface area (Å²) in [7, 11) is 0. The van der Waals surface area contributed by atoms with Crippen molar-refractivity contribution >= 4 is 44.5 Å². The second-order valence-corrected chi connectivity index (χ2v) is 11.1. The summed E-state index contributed by atoms with van der Waals surface area (Å²) >= 11 is 8.80. The van der Waals surface area contributed by atoms with Gasteiger partial charge >= 0.3 is 0 Å². The molecule has 192 valence electrons. The van der Waals surface area contributed by atoms with E-state index in [4.69, 9.17) is 16.3 Å². The molecule has 12 nitrogen and oxygen atoms in total. The number of aliphatic hydroxyl groups excluding tert-OH is 3. The summed E-state index contributed by atoms with van der Waals surface area (Å²) < 4.78 is 9.93. The molecule has 4 aromatic heterocycles. The van der Waals surface area contributed by atoms with Crippen LogP contribution in [-0.4, -0.2) is 80.0 Å². The summed E-state index contributed by atoms with van der Waals surface area (Å²) in [5, 5.41) is 48.8. The second kappa shape index (κ2) is 9.47. The van der Waals surface area contributed by atoms with Crippen molar-refractivity contribution in [2.24, 2.45) is 0 Å². The molecule has 5 heterocycles. The maximum atomic E-state index is 11.5. The van der Waals surface area contributed by atoms with Gasteiger partial charge in [-0.25, -0.2) is 24.3 Å². The predicted molar refractivity (Wildman–Crippen MR) is 136 cm³/mol. The van der Waals surface area contributed by atoms with Gasteiger partial charge in [0, 0.05) is 5.38 Å². The van der Waals surface area contributed by atoms with Crippen LogP contribution in [0.25, 0.3) is 26.6 Å². The quantitative estimate of drug-likeness (QED) is 0.291. The highest BCUT2D eigenvalue weighted by Gasteiger charge is 2.48. The van der Waals surface area contributed by atoms with E-state index < -0.39 is 37.1 Å². The number of ether oxygens (including phenoxy) is 1. The molecule has 5 atom stereocenters. The topological polar surface area (TPSA) is 157 Å². The van der Waals surface area contributed by atoms with E-state index >= 15 is 0 Å². The SMILES string of the molecule is Cc1nc([C@@H]2OC(CO)[C@H](O)[C@H](n3cc(-c4nc(Cl)cs4)nn3)C2O)n(-c2ccc3nc(C)sc3c2)n1. The predicted octanol–water partition coefficient (Wildman–Crippen LogP) is 2.26. The number of rotatable bonds is 5. The maximum absolute atomic E-state index is 11.5. The number of nitrogens with zero attached hydrogens (tertiary/aromatic N) is 8. The fourth-order valence-electron chi connectivity index (χ4n) is 4.49. The zero-order valence-electron chi connectivity index (χ0n) is 19.5. The first-order valence-corrected chi connectivity index (χ1v) is 13.4. The number of halogens is 1. The van der Waals surface area contributed by atoms with Gasteiger partial charge in [0.15, 0.2) is 5.82 Å². The maximum Gasteiger partial charge on any atom is 0.164 e. The van der Waals surface area contributed by atoms with Gasteiger partial charge in [0.2, 0.25) is 0 Å². The van der Waals surface area contributed by atoms with Crippen molar-refractivity contribution in [3.05, 3.63) is 51.6 Å². The van der Waals surface area contributed by atoms with Crippen LogP contribution in [0.15, 0.2) is 29.8 Å². The summed E-state index contributed by atoms with van der Waals surface area (Å²) in [6, 6.07) is 4.72. The van der Waals surface area contributed by atoms with E-state index in [1.54, 1.807) is 34.5 Å². The van der Waals surface area contributed by atoms with Crippen molar-refractivity contribution < 1.29 is 20.1 Å². The monoisotopic (exact) mass is 560 g/mol. The molecular weight excluding hydrogens is 540 g/mol. The minimum absolute atomic E-state index is 0.327. The fourth-order valence-corrected chi connectivity index (χ4v) is 6.24. The Balaban J connectivity index is 1.39. The van der Waals surface area contributed by atoms with Gasteiger partial charge in [-0.2, -0.15) is 5.10 Å². The Labute approximate surface area is 222 Å². The van der Waals surface area contributed by atoms with E-state index in [0.717, 1.165) is 20.9 Å². The number of aromatic nitrogens is 8. The van der Waals surface area contributed by atoms with Gasteiger partial charge in [-0.1, -0.05) is 16.8 Å². The first-order valence-electron chi connectivity index (χ1n) is 11.3. The van der Waals surface area contributed by atoms with Crippen LogP contribution in [-0.2, 0) is 4.74 Å². The number of hydrogen-bond donors (Lipinski definition) is 3. The van der Waals surface area contributed by atoms with Crippen LogP contribution < -0.4 is 0 Å². The molecule has 1 aliphatic rings. The third-order valence-corrected chi connectivity index (χ3v) is 8.24. The molecule has 1 aromatic carbocycles. The molecule has 2 unspecified atom stereocenters. The largest absolute Gasteiger partial charge is 0.394 e. The van der Waals surface area contributed by atoms with Crippen LogP contribution in [0.1, 0.15) is 28.8 Å². The van der Waals surface area contributed by atoms with Crippen LogP contribution in [0.5, 0.6) is 0 Å². The highest BCUT2D eigenvalue weighted by atomic mass is 35.5. The van der Waals surface area contributed by atoms with Crippen LogP contribution >= 0.6 is 34.3 Å². The molecule has 3 N–H and O–H groups in total. The van der Waals surface area contributed by atoms with Gasteiger partial charge < -0.3 is 20.1 Å². The lowest BCUT2D eigenvalue weighted by molar-refractivity contribution is -0.210. The Bertz CT molecular complexity index is 1580. The highest BCUT2D eigenvalue weighted by Crippen LogP contribution is 2.39. The van der Waals surface area contributed by atoms with E-state index in [9.17, 15) is 15.3 Å². The Morgan fingerprint density at radius 2 is 1.97 bits per heavy atom. The van der Waals surface area contributed by atoms with Crippen molar-refractivity contribution in [1.82, 2.24) is 39.7 Å². The van der Waals surface area contributed by atoms with Crippen molar-refractivity contribution in [2.75, 3.05) is 6.61 Å². The molecule has 0 radical (unpaired) electrons. The van der Waals surface area contributed by atoms with Crippen LogP contribution in [0, 0.1) is 13.8 Å². The van der Waals surface area contributed by atoms with Crippen molar-refractivity contribution in [2.45, 2.75) is 44.3 Å². The molecular formula is C22H21ClN8O4S2. The van der Waals surface area contributed by atoms with Gasteiger partial charge in [0.05, 0.1) is 33.7 Å². The Hall–Kier alpha value is -2.85. The van der Waals surface area contributed by atoms with E-state index in [0.29, 0.717) is 27.5 Å². The Morgan fingerprint density at radius 1 is 1.14 bits per heavy atom. The number of thiazole rings is 2. The van der Waals surface area contributed by atoms with Crippen LogP contribution in [0.2, 0.25) is 5.15 Å². The standard InChI is InChI=1S/C22H21ClN8O4S2/c1-9-24-21(31(28-9)11-3-4-12-15(5-11)37-10(2)25-12)20-19(34)17(18(33)14(7-32)35-20)30-6-13(27-29-30)22-26-16(23)8-36-22/h3-6,8,14,17-20,32-34H,7H2,1-2H3/t14?,17-,18-,19?,20+/m0/s1. The molecule has 0 saturated carbocycles. The molecule has 0 spiro atoms. The van der Waals surface area contributed by atoms with Gasteiger partial charge in [0.25, 0.3) is 0 Å². The van der Waals surface area contributed by atoms with E-state index in [1.807, 2.05) is 25.1 Å². The molecule has 0 bridgehead atoms. The van der Waals surface area contributed by atoms with Gasteiger partial charge in [-0.15, -0.1) is 27.8 Å². The second-order valence-electron chi connectivity index (χ2n) is 8.62. The summed E-state index contributed by atoms with van der Waals surface area (Å²) in [5.41, 5.74) is 2.03. The Kier molecular flexibility index (Phi) is 6.27. The van der Waals surface area contributed by atoms with Gasteiger partial charge in [-0.3, -0.25) is 0 Å². The van der Waals surface area contributed by atoms with Gasteiger partial charge in [0.1, 0.15) is 52.1 Å². The molecule has 1 saturated heterocycles. The number of hydrogen-bond acceptors (Lipinski definition) is 12. The first kappa shape index (κ1) is 24.5.